The number of carbonyl (C=O) groups is 2. The topological polar surface area (TPSA) is 93.1 Å². The van der Waals surface area contributed by atoms with Crippen molar-refractivity contribution in [3.8, 4) is 0 Å². The van der Waals surface area contributed by atoms with Crippen LogP contribution in [0.1, 0.15) is 40.0 Å². The Morgan fingerprint density at radius 2 is 2.15 bits per heavy atom. The molecule has 2 N–H and O–H groups in total. The van der Waals surface area contributed by atoms with Crippen molar-refractivity contribution < 1.29 is 29.3 Å². The number of rotatable bonds is 4. The van der Waals surface area contributed by atoms with E-state index in [1.807, 2.05) is 6.92 Å². The average molecular weight is 364 g/mol. The Labute approximate surface area is 154 Å². The third kappa shape index (κ3) is 4.83. The monoisotopic (exact) mass is 364 g/mol. The summed E-state index contributed by atoms with van der Waals surface area (Å²) in [5.41, 5.74) is 2.21. The minimum Gasteiger partial charge on any atom is -0.458 e. The van der Waals surface area contributed by atoms with Gasteiger partial charge in [-0.2, -0.15) is 0 Å². The van der Waals surface area contributed by atoms with Crippen molar-refractivity contribution in [1.29, 1.82) is 0 Å². The Kier molecular flexibility index (Phi) is 7.17. The second kappa shape index (κ2) is 9.14. The number of carbonyl (C=O) groups excluding carboxylic acids is 2. The number of ether oxygens (including phenoxy) is 2. The van der Waals surface area contributed by atoms with Crippen molar-refractivity contribution in [1.82, 2.24) is 0 Å². The lowest BCUT2D eigenvalue weighted by molar-refractivity contribution is -0.148. The van der Waals surface area contributed by atoms with Gasteiger partial charge in [0, 0.05) is 12.0 Å². The van der Waals surface area contributed by atoms with Gasteiger partial charge in [-0.3, -0.25) is 4.79 Å². The Morgan fingerprint density at radius 3 is 2.81 bits per heavy atom. The van der Waals surface area contributed by atoms with Gasteiger partial charge >= 0.3 is 11.9 Å². The van der Waals surface area contributed by atoms with Gasteiger partial charge in [0.1, 0.15) is 12.2 Å². The van der Waals surface area contributed by atoms with E-state index in [1.165, 1.54) is 6.08 Å². The van der Waals surface area contributed by atoms with E-state index in [2.05, 4.69) is 6.08 Å². The number of esters is 2. The summed E-state index contributed by atoms with van der Waals surface area (Å²) in [4.78, 5) is 24.5. The average Bonchev–Trinajstić information content (AvgIpc) is 2.87. The molecular weight excluding hydrogens is 336 g/mol. The maximum absolute atomic E-state index is 12.4. The molecule has 2 rings (SSSR count). The molecule has 0 bridgehead atoms. The Morgan fingerprint density at radius 1 is 1.42 bits per heavy atom. The SMILES string of the molecule is C/C1=C\CC/C(CO)=C/[C@H]2OC(=O)[C@H](C)[C@@H]2[C@@H](OC(=O)/C(C)=C/CO)C1. The lowest BCUT2D eigenvalue weighted by Crippen LogP contribution is -2.36. The Balaban J connectivity index is 2.36. The first-order chi connectivity index (χ1) is 12.4. The van der Waals surface area contributed by atoms with E-state index < -0.39 is 24.1 Å². The van der Waals surface area contributed by atoms with Crippen LogP contribution in [0.4, 0.5) is 0 Å². The van der Waals surface area contributed by atoms with Crippen molar-refractivity contribution >= 4 is 11.9 Å². The molecular formula is C20H28O6. The van der Waals surface area contributed by atoms with Gasteiger partial charge in [-0.25, -0.2) is 4.79 Å². The van der Waals surface area contributed by atoms with E-state index in [0.29, 0.717) is 18.4 Å². The van der Waals surface area contributed by atoms with Crippen molar-refractivity contribution in [2.24, 2.45) is 11.8 Å². The van der Waals surface area contributed by atoms with E-state index in [9.17, 15) is 14.7 Å². The maximum atomic E-state index is 12.4. The van der Waals surface area contributed by atoms with Crippen LogP contribution < -0.4 is 0 Å². The normalized spacial score (nSPS) is 34.0. The maximum Gasteiger partial charge on any atom is 0.333 e. The number of hydrogen-bond donors (Lipinski definition) is 2. The van der Waals surface area contributed by atoms with Crippen molar-refractivity contribution in [2.75, 3.05) is 13.2 Å². The molecule has 1 aliphatic heterocycles. The molecule has 1 saturated heterocycles. The molecule has 6 nitrogen and oxygen atoms in total. The summed E-state index contributed by atoms with van der Waals surface area (Å²) in [6.45, 7) is 5.00. The van der Waals surface area contributed by atoms with Crippen molar-refractivity contribution in [2.45, 2.75) is 52.2 Å². The van der Waals surface area contributed by atoms with Crippen molar-refractivity contribution in [3.63, 3.8) is 0 Å². The summed E-state index contributed by atoms with van der Waals surface area (Å²) in [5.74, 6) is -1.57. The molecule has 0 aromatic carbocycles. The van der Waals surface area contributed by atoms with Gasteiger partial charge in [0.05, 0.1) is 25.0 Å². The first kappa shape index (κ1) is 20.4. The standard InChI is InChI=1S/C20H28O6/c1-12-5-4-6-15(11-22)10-17-18(14(3)20(24)26-17)16(9-12)25-19(23)13(2)7-8-21/h5,7,10,14,16-18,21-22H,4,6,8-9,11H2,1-3H3/b12-5+,13-7+,15-10-/t14-,16+,17-,18-/m1/s1. The predicted molar refractivity (Wildman–Crippen MR) is 96.0 cm³/mol. The number of hydrogen-bond acceptors (Lipinski definition) is 6. The minimum atomic E-state index is -0.526. The zero-order chi connectivity index (χ0) is 19.3. The fraction of sp³-hybridized carbons (Fsp3) is 0.600. The summed E-state index contributed by atoms with van der Waals surface area (Å²) >= 11 is 0. The minimum absolute atomic E-state index is 0.0924. The van der Waals surface area contributed by atoms with Crippen LogP contribution in [0.5, 0.6) is 0 Å². The molecule has 2 aliphatic rings. The quantitative estimate of drug-likeness (QED) is 0.451. The highest BCUT2D eigenvalue weighted by Gasteiger charge is 2.47. The summed E-state index contributed by atoms with van der Waals surface area (Å²) in [6, 6.07) is 0. The van der Waals surface area contributed by atoms with E-state index in [0.717, 1.165) is 17.6 Å². The fourth-order valence-electron chi connectivity index (χ4n) is 3.50. The highest BCUT2D eigenvalue weighted by molar-refractivity contribution is 5.88. The summed E-state index contributed by atoms with van der Waals surface area (Å²) < 4.78 is 11.2. The third-order valence-electron chi connectivity index (χ3n) is 5.07. The molecule has 1 aliphatic carbocycles. The van der Waals surface area contributed by atoms with Gasteiger partial charge in [-0.05, 0) is 44.4 Å². The van der Waals surface area contributed by atoms with Crippen LogP contribution in [0.2, 0.25) is 0 Å². The molecule has 6 heteroatoms. The largest absolute Gasteiger partial charge is 0.458 e. The van der Waals surface area contributed by atoms with Gasteiger partial charge in [0.15, 0.2) is 0 Å². The molecule has 0 aromatic rings. The molecule has 26 heavy (non-hydrogen) atoms. The van der Waals surface area contributed by atoms with Gasteiger partial charge in [0.2, 0.25) is 0 Å². The van der Waals surface area contributed by atoms with E-state index in [4.69, 9.17) is 14.6 Å². The molecule has 0 amide bonds. The van der Waals surface area contributed by atoms with Crippen LogP contribution in [0.25, 0.3) is 0 Å². The highest BCUT2D eigenvalue weighted by atomic mass is 16.6. The second-order valence-corrected chi connectivity index (χ2v) is 7.06. The molecule has 144 valence electrons. The molecule has 0 saturated carbocycles. The molecule has 0 aromatic heterocycles. The first-order valence-electron chi connectivity index (χ1n) is 9.02. The van der Waals surface area contributed by atoms with Crippen LogP contribution in [0, 0.1) is 11.8 Å². The summed E-state index contributed by atoms with van der Waals surface area (Å²) in [5, 5.41) is 18.6. The van der Waals surface area contributed by atoms with Crippen molar-refractivity contribution in [3.05, 3.63) is 34.9 Å². The second-order valence-electron chi connectivity index (χ2n) is 7.06. The third-order valence-corrected chi connectivity index (χ3v) is 5.07. The van der Waals surface area contributed by atoms with Crippen LogP contribution in [-0.4, -0.2) is 47.6 Å². The van der Waals surface area contributed by atoms with Crippen LogP contribution in [0.3, 0.4) is 0 Å². The molecule has 1 fully saturated rings. The van der Waals surface area contributed by atoms with Crippen LogP contribution in [0.15, 0.2) is 34.9 Å². The van der Waals surface area contributed by atoms with Gasteiger partial charge in [0.25, 0.3) is 0 Å². The molecule has 0 unspecified atom stereocenters. The number of aliphatic hydroxyl groups excluding tert-OH is 2. The number of allylic oxidation sites excluding steroid dienone is 1. The molecule has 1 heterocycles. The number of aliphatic hydroxyl groups is 2. The molecule has 0 spiro atoms. The van der Waals surface area contributed by atoms with Gasteiger partial charge < -0.3 is 19.7 Å². The summed E-state index contributed by atoms with van der Waals surface area (Å²) in [7, 11) is 0. The smallest absolute Gasteiger partial charge is 0.333 e. The van der Waals surface area contributed by atoms with E-state index >= 15 is 0 Å². The van der Waals surface area contributed by atoms with Crippen LogP contribution in [-0.2, 0) is 19.1 Å². The van der Waals surface area contributed by atoms with E-state index in [1.54, 1.807) is 19.9 Å². The Bertz CT molecular complexity index is 630. The first-order valence-corrected chi connectivity index (χ1v) is 9.02. The van der Waals surface area contributed by atoms with E-state index in [-0.39, 0.29) is 25.1 Å². The lowest BCUT2D eigenvalue weighted by atomic mass is 9.82. The zero-order valence-electron chi connectivity index (χ0n) is 15.6. The van der Waals surface area contributed by atoms with Gasteiger partial charge in [-0.1, -0.05) is 18.6 Å². The van der Waals surface area contributed by atoms with Crippen LogP contribution >= 0.6 is 0 Å². The molecule has 0 radical (unpaired) electrons. The lowest BCUT2D eigenvalue weighted by Gasteiger charge is -2.29. The number of fused-ring (bicyclic) bond motifs is 1. The highest BCUT2D eigenvalue weighted by Crippen LogP contribution is 2.37. The van der Waals surface area contributed by atoms with Gasteiger partial charge in [-0.15, -0.1) is 0 Å². The Hall–Kier alpha value is -1.92. The summed E-state index contributed by atoms with van der Waals surface area (Å²) in [6.07, 6.45) is 6.21. The fourth-order valence-corrected chi connectivity index (χ4v) is 3.50. The zero-order valence-corrected chi connectivity index (χ0v) is 15.6. The predicted octanol–water partition coefficient (Wildman–Crippen LogP) is 2.06. The molecule has 4 atom stereocenters.